The first kappa shape index (κ1) is 41.8. The molecule has 0 N–H and O–H groups in total. The molecule has 292 valence electrons. The van der Waals surface area contributed by atoms with Crippen LogP contribution in [0.1, 0.15) is 45.5 Å². The molecule has 7 rings (SSSR count). The van der Waals surface area contributed by atoms with Crippen LogP contribution in [0.15, 0.2) is 54.6 Å². The molecule has 0 saturated heterocycles. The van der Waals surface area contributed by atoms with Crippen LogP contribution in [-0.4, -0.2) is 92.6 Å². The van der Waals surface area contributed by atoms with E-state index in [9.17, 15) is 0 Å². The maximum atomic E-state index is 6.54. The molecule has 3 heterocycles. The van der Waals surface area contributed by atoms with Gasteiger partial charge in [0.25, 0.3) is 0 Å². The number of benzene rings is 4. The Balaban J connectivity index is 0.00000280. The quantitative estimate of drug-likeness (QED) is 0.164. The molecule has 0 amide bonds. The third-order valence-corrected chi connectivity index (χ3v) is 11.4. The number of hydrogen-bond acceptors (Lipinski definition) is 8. The summed E-state index contributed by atoms with van der Waals surface area (Å²) < 4.78 is 48.8. The van der Waals surface area contributed by atoms with Crippen LogP contribution in [0.25, 0.3) is 0 Å². The lowest BCUT2D eigenvalue weighted by molar-refractivity contribution is -0.923. The van der Waals surface area contributed by atoms with E-state index in [1.54, 1.807) is 35.5 Å². The van der Waals surface area contributed by atoms with Crippen LogP contribution in [0.5, 0.6) is 51.7 Å². The minimum Gasteiger partial charge on any atom is -1.00 e. The molecular formula is C42H52I2N2O8. The maximum Gasteiger partial charge on any atom is 0.231 e. The van der Waals surface area contributed by atoms with Gasteiger partial charge in [0.1, 0.15) is 17.8 Å². The van der Waals surface area contributed by atoms with Crippen molar-refractivity contribution in [2.75, 3.05) is 83.6 Å². The molecule has 3 aliphatic heterocycles. The summed E-state index contributed by atoms with van der Waals surface area (Å²) in [6, 6.07) is 19.3. The minimum absolute atomic E-state index is 0. The van der Waals surface area contributed by atoms with Crippen molar-refractivity contribution in [3.05, 3.63) is 88.0 Å². The first-order valence-corrected chi connectivity index (χ1v) is 17.9. The molecule has 3 aliphatic rings. The highest BCUT2D eigenvalue weighted by molar-refractivity contribution is 5.62. The molecule has 0 saturated carbocycles. The molecule has 2 unspecified atom stereocenters. The molecule has 0 spiro atoms. The zero-order chi connectivity index (χ0) is 36.8. The third kappa shape index (κ3) is 7.72. The van der Waals surface area contributed by atoms with Gasteiger partial charge >= 0.3 is 0 Å². The number of halogens is 2. The van der Waals surface area contributed by atoms with Crippen molar-refractivity contribution < 1.29 is 94.8 Å². The molecule has 0 aromatic heterocycles. The number of nitrogens with zero attached hydrogens (tertiary/aromatic N) is 2. The van der Waals surface area contributed by atoms with E-state index in [1.165, 1.54) is 27.8 Å². The maximum absolute atomic E-state index is 6.54. The van der Waals surface area contributed by atoms with E-state index in [4.69, 9.17) is 37.9 Å². The van der Waals surface area contributed by atoms with Gasteiger partial charge in [-0.1, -0.05) is 18.2 Å². The fraction of sp³-hybridized carbons (Fsp3) is 0.429. The van der Waals surface area contributed by atoms with Gasteiger partial charge in [-0.15, -0.1) is 0 Å². The summed E-state index contributed by atoms with van der Waals surface area (Å²) in [5, 5.41) is 0. The summed E-state index contributed by atoms with van der Waals surface area (Å²) >= 11 is 0. The Morgan fingerprint density at radius 3 is 1.72 bits per heavy atom. The Labute approximate surface area is 353 Å². The van der Waals surface area contributed by atoms with Crippen molar-refractivity contribution in [1.29, 1.82) is 0 Å². The highest BCUT2D eigenvalue weighted by atomic mass is 127. The Bertz CT molecular complexity index is 1970. The highest BCUT2D eigenvalue weighted by Crippen LogP contribution is 2.51. The van der Waals surface area contributed by atoms with Crippen LogP contribution in [0.2, 0.25) is 0 Å². The first-order chi connectivity index (χ1) is 25.0. The predicted molar refractivity (Wildman–Crippen MR) is 199 cm³/mol. The number of hydrogen-bond donors (Lipinski definition) is 0. The van der Waals surface area contributed by atoms with Crippen molar-refractivity contribution in [2.45, 2.75) is 37.8 Å². The second-order valence-corrected chi connectivity index (χ2v) is 15.1. The van der Waals surface area contributed by atoms with Crippen molar-refractivity contribution in [2.24, 2.45) is 0 Å². The third-order valence-electron chi connectivity index (χ3n) is 11.4. The average Bonchev–Trinajstić information content (AvgIpc) is 3.61. The molecule has 2 atom stereocenters. The summed E-state index contributed by atoms with van der Waals surface area (Å²) in [7, 11) is 17.6. The topological polar surface area (TPSA) is 73.8 Å². The number of methoxy groups -OCH3 is 5. The summed E-state index contributed by atoms with van der Waals surface area (Å²) in [5.41, 5.74) is 7.25. The zero-order valence-electron chi connectivity index (χ0n) is 32.7. The Hall–Kier alpha value is -3.34. The number of ether oxygens (including phenoxy) is 8. The molecule has 0 bridgehead atoms. The normalized spacial score (nSPS) is 18.5. The highest BCUT2D eigenvalue weighted by Gasteiger charge is 2.41. The fourth-order valence-electron chi connectivity index (χ4n) is 8.40. The van der Waals surface area contributed by atoms with E-state index in [-0.39, 0.29) is 66.8 Å². The second kappa shape index (κ2) is 16.8. The largest absolute Gasteiger partial charge is 1.00 e. The molecular weight excluding hydrogens is 914 g/mol. The molecule has 0 fully saturated rings. The summed E-state index contributed by atoms with van der Waals surface area (Å²) in [5.74, 6) is 6.48. The van der Waals surface area contributed by atoms with Crippen LogP contribution < -0.4 is 85.8 Å². The lowest BCUT2D eigenvalue weighted by Crippen LogP contribution is -3.00. The molecule has 0 radical (unpaired) electrons. The smallest absolute Gasteiger partial charge is 0.231 e. The van der Waals surface area contributed by atoms with E-state index in [0.717, 1.165) is 82.0 Å². The van der Waals surface area contributed by atoms with Crippen molar-refractivity contribution >= 4 is 0 Å². The molecule has 54 heavy (non-hydrogen) atoms. The fourth-order valence-corrected chi connectivity index (χ4v) is 8.40. The summed E-state index contributed by atoms with van der Waals surface area (Å²) in [4.78, 5) is 0. The Morgan fingerprint density at radius 2 is 1.13 bits per heavy atom. The minimum atomic E-state index is 0. The van der Waals surface area contributed by atoms with Gasteiger partial charge in [0.05, 0.1) is 76.8 Å². The monoisotopic (exact) mass is 966 g/mol. The second-order valence-electron chi connectivity index (χ2n) is 15.1. The van der Waals surface area contributed by atoms with Crippen molar-refractivity contribution in [3.8, 4) is 51.7 Å². The predicted octanol–water partition coefficient (Wildman–Crippen LogP) is 1.09. The molecule has 0 aliphatic carbocycles. The number of rotatable bonds is 11. The van der Waals surface area contributed by atoms with Gasteiger partial charge in [-0.25, -0.2) is 0 Å². The Morgan fingerprint density at radius 1 is 0.574 bits per heavy atom. The first-order valence-electron chi connectivity index (χ1n) is 17.9. The van der Waals surface area contributed by atoms with Crippen LogP contribution >= 0.6 is 0 Å². The molecule has 4 aromatic carbocycles. The van der Waals surface area contributed by atoms with E-state index >= 15 is 0 Å². The number of likely N-dealkylation sites (N-methyl/N-ethyl adjacent to an activating group) is 2. The molecule has 10 nitrogen and oxygen atoms in total. The van der Waals surface area contributed by atoms with Crippen LogP contribution in [0.3, 0.4) is 0 Å². The van der Waals surface area contributed by atoms with Gasteiger partial charge in [-0.2, -0.15) is 0 Å². The van der Waals surface area contributed by atoms with Crippen LogP contribution in [-0.2, 0) is 25.7 Å². The summed E-state index contributed by atoms with van der Waals surface area (Å²) in [6.45, 7) is 2.19. The SMILES string of the molecule is COc1ccc(CC2c3cc(OC)c(OC)c(OC)c3CC[N+]2(C)C)cc1Oc1ccc(CC2c3cc4c(c(OC)c3CC[N+]2(C)C)OCO4)cc1.[I-].[I-]. The molecule has 12 heteroatoms. The standard InChI is InChI=1S/C42H52N2O8.2HI/c1-43(2)19-17-30-32(24-38-42(40(30)48-8)51-25-50-38)33(43)20-26-10-13-28(14-11-26)52-36-22-27(12-15-35(36)45-5)21-34-31-23-37(46-6)41(49-9)39(47-7)29(31)16-18-44(34,3)4;;/h10-15,22-24,33-34H,16-21,25H2,1-9H3;2*1H/q+2;;/p-2. The van der Waals surface area contributed by atoms with Gasteiger partial charge < -0.3 is 94.8 Å². The van der Waals surface area contributed by atoms with Gasteiger partial charge in [0, 0.05) is 47.9 Å². The van der Waals surface area contributed by atoms with Crippen molar-refractivity contribution in [1.82, 2.24) is 0 Å². The van der Waals surface area contributed by atoms with Crippen molar-refractivity contribution in [3.63, 3.8) is 0 Å². The van der Waals surface area contributed by atoms with Gasteiger partial charge in [-0.05, 0) is 47.5 Å². The van der Waals surface area contributed by atoms with Gasteiger partial charge in [0.15, 0.2) is 34.5 Å². The van der Waals surface area contributed by atoms with Crippen LogP contribution in [0, 0.1) is 0 Å². The number of quaternary nitrogens is 2. The van der Waals surface area contributed by atoms with E-state index in [0.29, 0.717) is 23.0 Å². The zero-order valence-corrected chi connectivity index (χ0v) is 37.0. The van der Waals surface area contributed by atoms with E-state index in [2.05, 4.69) is 76.7 Å². The lowest BCUT2D eigenvalue weighted by Gasteiger charge is -2.43. The van der Waals surface area contributed by atoms with E-state index < -0.39 is 0 Å². The van der Waals surface area contributed by atoms with Gasteiger partial charge in [-0.3, -0.25) is 0 Å². The summed E-state index contributed by atoms with van der Waals surface area (Å²) in [6.07, 6.45) is 3.46. The van der Waals surface area contributed by atoms with Gasteiger partial charge in [0.2, 0.25) is 18.3 Å². The van der Waals surface area contributed by atoms with Crippen LogP contribution in [0.4, 0.5) is 0 Å². The Kier molecular flexibility index (Phi) is 13.0. The number of fused-ring (bicyclic) bond motifs is 3. The lowest BCUT2D eigenvalue weighted by atomic mass is 9.86. The molecule has 4 aromatic rings. The van der Waals surface area contributed by atoms with E-state index in [1.807, 2.05) is 6.07 Å². The average molecular weight is 967 g/mol.